The maximum Gasteiger partial charge on any atom is 0.222 e. The van der Waals surface area contributed by atoms with Crippen LogP contribution in [0.4, 0.5) is 0 Å². The molecule has 0 saturated heterocycles. The number of phenols is 1. The van der Waals surface area contributed by atoms with E-state index in [9.17, 15) is 9.90 Å². The van der Waals surface area contributed by atoms with Gasteiger partial charge in [-0.25, -0.2) is 0 Å². The Bertz CT molecular complexity index is 379. The molecule has 0 aliphatic carbocycles. The normalized spacial score (nSPS) is 12.1. The predicted molar refractivity (Wildman–Crippen MR) is 60.1 cm³/mol. The number of primary amides is 1. The van der Waals surface area contributed by atoms with E-state index in [1.54, 1.807) is 18.2 Å². The van der Waals surface area contributed by atoms with Crippen molar-refractivity contribution in [3.8, 4) is 11.5 Å². The van der Waals surface area contributed by atoms with Crippen LogP contribution in [-0.4, -0.2) is 24.7 Å². The maximum atomic E-state index is 11.0. The number of hydrogen-bond acceptors (Lipinski definition) is 4. The van der Waals surface area contributed by atoms with Gasteiger partial charge in [0.2, 0.25) is 5.91 Å². The molecule has 1 rings (SSSR count). The summed E-state index contributed by atoms with van der Waals surface area (Å²) in [7, 11) is 1.47. The summed E-state index contributed by atoms with van der Waals surface area (Å²) in [5.74, 6) is -0.405. The van der Waals surface area contributed by atoms with E-state index in [-0.39, 0.29) is 12.3 Å². The number of rotatable bonds is 5. The van der Waals surface area contributed by atoms with Crippen LogP contribution in [0, 0.1) is 5.92 Å². The molecule has 0 saturated carbocycles. The Morgan fingerprint density at radius 2 is 2.25 bits per heavy atom. The van der Waals surface area contributed by atoms with Crippen molar-refractivity contribution in [2.45, 2.75) is 6.42 Å². The van der Waals surface area contributed by atoms with Crippen molar-refractivity contribution < 1.29 is 14.6 Å². The maximum absolute atomic E-state index is 11.0. The van der Waals surface area contributed by atoms with E-state index < -0.39 is 11.8 Å². The Labute approximate surface area is 94.0 Å². The number of nitrogens with two attached hydrogens (primary N) is 2. The summed E-state index contributed by atoms with van der Waals surface area (Å²) in [6, 6.07) is 4.95. The Balaban J connectivity index is 2.81. The van der Waals surface area contributed by atoms with Crippen LogP contribution < -0.4 is 16.2 Å². The summed E-state index contributed by atoms with van der Waals surface area (Å²) in [4.78, 5) is 11.0. The Morgan fingerprint density at radius 3 is 2.69 bits per heavy atom. The van der Waals surface area contributed by atoms with E-state index in [1.165, 1.54) is 7.11 Å². The highest BCUT2D eigenvalue weighted by Gasteiger charge is 2.14. The molecule has 0 spiro atoms. The van der Waals surface area contributed by atoms with Crippen molar-refractivity contribution in [2.75, 3.05) is 13.7 Å². The average Bonchev–Trinajstić information content (AvgIpc) is 2.25. The fourth-order valence-electron chi connectivity index (χ4n) is 1.45. The lowest BCUT2D eigenvalue weighted by Gasteiger charge is -2.11. The first-order chi connectivity index (χ1) is 7.58. The van der Waals surface area contributed by atoms with Crippen molar-refractivity contribution in [1.29, 1.82) is 0 Å². The Kier molecular flexibility index (Phi) is 4.13. The minimum atomic E-state index is -0.433. The molecule has 5 nitrogen and oxygen atoms in total. The van der Waals surface area contributed by atoms with Gasteiger partial charge >= 0.3 is 0 Å². The molecule has 0 bridgehead atoms. The van der Waals surface area contributed by atoms with Gasteiger partial charge in [0.05, 0.1) is 13.0 Å². The molecule has 5 N–H and O–H groups in total. The van der Waals surface area contributed by atoms with Crippen LogP contribution in [0.15, 0.2) is 18.2 Å². The molecule has 0 heterocycles. The molecule has 0 aliphatic heterocycles. The van der Waals surface area contributed by atoms with Gasteiger partial charge in [0.15, 0.2) is 11.5 Å². The van der Waals surface area contributed by atoms with E-state index in [0.29, 0.717) is 12.2 Å². The fraction of sp³-hybridized carbons (Fsp3) is 0.364. The molecule has 16 heavy (non-hydrogen) atoms. The van der Waals surface area contributed by atoms with Gasteiger partial charge in [-0.1, -0.05) is 6.07 Å². The van der Waals surface area contributed by atoms with Gasteiger partial charge in [0, 0.05) is 6.54 Å². The second-order valence-corrected chi connectivity index (χ2v) is 3.55. The molecule has 0 aliphatic rings. The number of phenolic OH excluding ortho intramolecular Hbond substituents is 1. The minimum Gasteiger partial charge on any atom is -0.504 e. The largest absolute Gasteiger partial charge is 0.504 e. The summed E-state index contributed by atoms with van der Waals surface area (Å²) in [5.41, 5.74) is 11.4. The zero-order valence-electron chi connectivity index (χ0n) is 9.14. The Hall–Kier alpha value is -1.75. The summed E-state index contributed by atoms with van der Waals surface area (Å²) in [6.07, 6.45) is 0.420. The summed E-state index contributed by atoms with van der Waals surface area (Å²) >= 11 is 0. The molecule has 1 amide bonds. The van der Waals surface area contributed by atoms with Gasteiger partial charge in [-0.05, 0) is 24.1 Å². The molecule has 0 fully saturated rings. The zero-order chi connectivity index (χ0) is 12.1. The number of benzene rings is 1. The second-order valence-electron chi connectivity index (χ2n) is 3.55. The summed E-state index contributed by atoms with van der Waals surface area (Å²) in [6.45, 7) is 0.197. The van der Waals surface area contributed by atoms with Crippen LogP contribution in [-0.2, 0) is 11.2 Å². The second kappa shape index (κ2) is 5.37. The number of amides is 1. The van der Waals surface area contributed by atoms with Gasteiger partial charge < -0.3 is 21.3 Å². The molecule has 1 unspecified atom stereocenters. The SMILES string of the molecule is COc1ccc(CC(CN)C(N)=O)cc1O. The van der Waals surface area contributed by atoms with Gasteiger partial charge in [-0.2, -0.15) is 0 Å². The molecule has 0 aromatic heterocycles. The van der Waals surface area contributed by atoms with Gasteiger partial charge in [0.1, 0.15) is 0 Å². The Morgan fingerprint density at radius 1 is 1.56 bits per heavy atom. The van der Waals surface area contributed by atoms with E-state index in [2.05, 4.69) is 0 Å². The topological polar surface area (TPSA) is 98.6 Å². The van der Waals surface area contributed by atoms with Crippen molar-refractivity contribution >= 4 is 5.91 Å². The summed E-state index contributed by atoms with van der Waals surface area (Å²) in [5, 5.41) is 9.54. The molecular weight excluding hydrogens is 208 g/mol. The third kappa shape index (κ3) is 2.87. The molecule has 1 atom stereocenters. The van der Waals surface area contributed by atoms with E-state index >= 15 is 0 Å². The van der Waals surface area contributed by atoms with Crippen molar-refractivity contribution in [1.82, 2.24) is 0 Å². The zero-order valence-corrected chi connectivity index (χ0v) is 9.14. The highest BCUT2D eigenvalue weighted by atomic mass is 16.5. The lowest BCUT2D eigenvalue weighted by Crippen LogP contribution is -2.31. The molecule has 1 aromatic rings. The first kappa shape index (κ1) is 12.3. The first-order valence-electron chi connectivity index (χ1n) is 4.93. The number of aromatic hydroxyl groups is 1. The minimum absolute atomic E-state index is 0.0419. The number of ether oxygens (including phenoxy) is 1. The van der Waals surface area contributed by atoms with Crippen LogP contribution in [0.25, 0.3) is 0 Å². The number of carbonyl (C=O) groups is 1. The van der Waals surface area contributed by atoms with Gasteiger partial charge in [-0.15, -0.1) is 0 Å². The van der Waals surface area contributed by atoms with Crippen molar-refractivity contribution in [2.24, 2.45) is 17.4 Å². The average molecular weight is 224 g/mol. The lowest BCUT2D eigenvalue weighted by molar-refractivity contribution is -0.121. The lowest BCUT2D eigenvalue weighted by atomic mass is 9.98. The van der Waals surface area contributed by atoms with Crippen LogP contribution in [0.5, 0.6) is 11.5 Å². The molecule has 1 aromatic carbocycles. The van der Waals surface area contributed by atoms with Crippen molar-refractivity contribution in [3.05, 3.63) is 23.8 Å². The third-order valence-corrected chi connectivity index (χ3v) is 2.41. The summed E-state index contributed by atoms with van der Waals surface area (Å²) < 4.78 is 4.91. The van der Waals surface area contributed by atoms with E-state index in [4.69, 9.17) is 16.2 Å². The van der Waals surface area contributed by atoms with Gasteiger partial charge in [0.25, 0.3) is 0 Å². The van der Waals surface area contributed by atoms with E-state index in [0.717, 1.165) is 5.56 Å². The highest BCUT2D eigenvalue weighted by Crippen LogP contribution is 2.27. The monoisotopic (exact) mass is 224 g/mol. The number of carbonyl (C=O) groups excluding carboxylic acids is 1. The van der Waals surface area contributed by atoms with E-state index in [1.807, 2.05) is 0 Å². The van der Waals surface area contributed by atoms with Crippen LogP contribution in [0.1, 0.15) is 5.56 Å². The first-order valence-corrected chi connectivity index (χ1v) is 4.93. The quantitative estimate of drug-likeness (QED) is 0.655. The predicted octanol–water partition coefficient (Wildman–Crippen LogP) is 0.00350. The fourth-order valence-corrected chi connectivity index (χ4v) is 1.45. The standard InChI is InChI=1S/C11H16N2O3/c1-16-10-3-2-7(5-9(10)14)4-8(6-12)11(13)15/h2-3,5,8,14H,4,6,12H2,1H3,(H2,13,15). The number of hydrogen-bond donors (Lipinski definition) is 3. The molecule has 88 valence electrons. The van der Waals surface area contributed by atoms with Gasteiger partial charge in [-0.3, -0.25) is 4.79 Å². The molecular formula is C11H16N2O3. The molecule has 5 heteroatoms. The van der Waals surface area contributed by atoms with Crippen molar-refractivity contribution in [3.63, 3.8) is 0 Å². The van der Waals surface area contributed by atoms with Crippen LogP contribution >= 0.6 is 0 Å². The van der Waals surface area contributed by atoms with Crippen LogP contribution in [0.2, 0.25) is 0 Å². The third-order valence-electron chi connectivity index (χ3n) is 2.41. The van der Waals surface area contributed by atoms with Crippen LogP contribution in [0.3, 0.4) is 0 Å². The highest BCUT2D eigenvalue weighted by molar-refractivity contribution is 5.77. The smallest absolute Gasteiger partial charge is 0.222 e. The molecule has 0 radical (unpaired) electrons. The number of methoxy groups -OCH3 is 1.